The van der Waals surface area contributed by atoms with Crippen LogP contribution < -0.4 is 5.32 Å². The van der Waals surface area contributed by atoms with Gasteiger partial charge in [-0.3, -0.25) is 9.78 Å². The molecule has 0 bridgehead atoms. The maximum Gasteiger partial charge on any atom is 0.417 e. The van der Waals surface area contributed by atoms with Crippen molar-refractivity contribution in [2.75, 3.05) is 6.54 Å². The van der Waals surface area contributed by atoms with Crippen LogP contribution in [0.3, 0.4) is 0 Å². The van der Waals surface area contributed by atoms with Crippen LogP contribution >= 0.6 is 11.6 Å². The minimum absolute atomic E-state index is 0.163. The molecular weight excluding hydrogens is 401 g/mol. The molecule has 0 aliphatic rings. The normalized spacial score (nSPS) is 11.3. The van der Waals surface area contributed by atoms with Gasteiger partial charge in [-0.1, -0.05) is 41.9 Å². The quantitative estimate of drug-likeness (QED) is 0.577. The molecule has 2 aromatic carbocycles. The molecule has 0 fully saturated rings. The van der Waals surface area contributed by atoms with Crippen molar-refractivity contribution >= 4 is 17.5 Å². The number of halogens is 4. The van der Waals surface area contributed by atoms with E-state index in [2.05, 4.69) is 10.3 Å². The maximum absolute atomic E-state index is 13.1. The first-order valence-corrected chi connectivity index (χ1v) is 9.30. The lowest BCUT2D eigenvalue weighted by Gasteiger charge is -2.13. The van der Waals surface area contributed by atoms with Gasteiger partial charge in [0.15, 0.2) is 0 Å². The van der Waals surface area contributed by atoms with Crippen LogP contribution in [0.1, 0.15) is 27.2 Å². The number of nitrogens with zero attached hydrogens (tertiary/aromatic N) is 1. The summed E-state index contributed by atoms with van der Waals surface area (Å²) in [6.07, 6.45) is -2.48. The molecular formula is C22H18ClF3N2O. The number of carbonyl (C=O) groups excluding carboxylic acids is 1. The lowest BCUT2D eigenvalue weighted by Crippen LogP contribution is -2.28. The Labute approximate surface area is 171 Å². The zero-order valence-corrected chi connectivity index (χ0v) is 16.3. The maximum atomic E-state index is 13.1. The number of aromatic nitrogens is 1. The van der Waals surface area contributed by atoms with E-state index < -0.39 is 23.2 Å². The van der Waals surface area contributed by atoms with Gasteiger partial charge in [-0.15, -0.1) is 0 Å². The van der Waals surface area contributed by atoms with E-state index in [1.165, 1.54) is 12.1 Å². The smallest absolute Gasteiger partial charge is 0.352 e. The summed E-state index contributed by atoms with van der Waals surface area (Å²) in [7, 11) is 0. The lowest BCUT2D eigenvalue weighted by molar-refractivity contribution is -0.137. The van der Waals surface area contributed by atoms with Crippen LogP contribution in [0, 0.1) is 6.92 Å². The van der Waals surface area contributed by atoms with E-state index in [9.17, 15) is 18.0 Å². The summed E-state index contributed by atoms with van der Waals surface area (Å²) in [4.78, 5) is 16.5. The minimum atomic E-state index is -4.59. The molecule has 1 heterocycles. The number of rotatable bonds is 5. The van der Waals surface area contributed by atoms with Crippen molar-refractivity contribution in [3.63, 3.8) is 0 Å². The second-order valence-electron chi connectivity index (χ2n) is 6.49. The molecule has 150 valence electrons. The molecule has 0 saturated carbocycles. The van der Waals surface area contributed by atoms with Crippen LogP contribution in [-0.4, -0.2) is 17.4 Å². The summed E-state index contributed by atoms with van der Waals surface area (Å²) in [5, 5.41) is 3.06. The predicted octanol–water partition coefficient (Wildman–Crippen LogP) is 5.70. The van der Waals surface area contributed by atoms with Crippen molar-refractivity contribution in [1.29, 1.82) is 0 Å². The number of aryl methyl sites for hydroxylation is 1. The van der Waals surface area contributed by atoms with Crippen molar-refractivity contribution < 1.29 is 18.0 Å². The standard InChI is InChI=1S/C22H18ClF3N2O/c1-14-17(6-4-11-27-14)16-9-8-15(20(23)13-16)10-12-28-21(29)18-5-2-3-7-19(18)22(24,25)26/h2-9,11,13H,10,12H2,1H3,(H,28,29). The van der Waals surface area contributed by atoms with E-state index in [1.54, 1.807) is 6.20 Å². The van der Waals surface area contributed by atoms with E-state index in [0.29, 0.717) is 11.4 Å². The van der Waals surface area contributed by atoms with Gasteiger partial charge in [0.1, 0.15) is 0 Å². The van der Waals surface area contributed by atoms with Gasteiger partial charge in [0, 0.05) is 29.0 Å². The first-order chi connectivity index (χ1) is 13.8. The Morgan fingerprint density at radius 2 is 1.86 bits per heavy atom. The molecule has 0 aliphatic carbocycles. The Morgan fingerprint density at radius 3 is 2.55 bits per heavy atom. The van der Waals surface area contributed by atoms with Gasteiger partial charge in [-0.05, 0) is 48.7 Å². The molecule has 0 unspecified atom stereocenters. The number of carbonyl (C=O) groups is 1. The van der Waals surface area contributed by atoms with Crippen LogP contribution in [0.5, 0.6) is 0 Å². The largest absolute Gasteiger partial charge is 0.417 e. The van der Waals surface area contributed by atoms with Crippen molar-refractivity contribution in [2.45, 2.75) is 19.5 Å². The van der Waals surface area contributed by atoms with Gasteiger partial charge in [-0.2, -0.15) is 13.2 Å². The Balaban J connectivity index is 1.67. The predicted molar refractivity (Wildman–Crippen MR) is 107 cm³/mol. The van der Waals surface area contributed by atoms with Crippen LogP contribution in [0.25, 0.3) is 11.1 Å². The lowest BCUT2D eigenvalue weighted by atomic mass is 10.0. The molecule has 3 nitrogen and oxygen atoms in total. The third-order valence-electron chi connectivity index (χ3n) is 4.53. The molecule has 3 aromatic rings. The second kappa shape index (κ2) is 8.66. The fourth-order valence-electron chi connectivity index (χ4n) is 3.04. The SMILES string of the molecule is Cc1ncccc1-c1ccc(CCNC(=O)c2ccccc2C(F)(F)F)c(Cl)c1. The molecule has 0 spiro atoms. The van der Waals surface area contributed by atoms with E-state index >= 15 is 0 Å². The van der Waals surface area contributed by atoms with Gasteiger partial charge in [0.25, 0.3) is 5.91 Å². The summed E-state index contributed by atoms with van der Waals surface area (Å²) < 4.78 is 39.2. The zero-order valence-electron chi connectivity index (χ0n) is 15.6. The third kappa shape index (κ3) is 4.95. The van der Waals surface area contributed by atoms with Crippen LogP contribution in [-0.2, 0) is 12.6 Å². The molecule has 1 aromatic heterocycles. The number of alkyl halides is 3. The number of hydrogen-bond donors (Lipinski definition) is 1. The Kier molecular flexibility index (Phi) is 6.23. The Hall–Kier alpha value is -2.86. The van der Waals surface area contributed by atoms with Crippen LogP contribution in [0.2, 0.25) is 5.02 Å². The second-order valence-corrected chi connectivity index (χ2v) is 6.90. The molecule has 0 aliphatic heterocycles. The van der Waals surface area contributed by atoms with Crippen molar-refractivity contribution in [3.8, 4) is 11.1 Å². The highest BCUT2D eigenvalue weighted by molar-refractivity contribution is 6.31. The molecule has 1 amide bonds. The first kappa shape index (κ1) is 20.9. The van der Waals surface area contributed by atoms with Gasteiger partial charge in [-0.25, -0.2) is 0 Å². The zero-order chi connectivity index (χ0) is 21.0. The monoisotopic (exact) mass is 418 g/mol. The topological polar surface area (TPSA) is 42.0 Å². The van der Waals surface area contributed by atoms with Crippen LogP contribution in [0.4, 0.5) is 13.2 Å². The van der Waals surface area contributed by atoms with Crippen molar-refractivity contribution in [3.05, 3.63) is 88.2 Å². The number of amides is 1. The molecule has 0 radical (unpaired) electrons. The molecule has 1 N–H and O–H groups in total. The average molecular weight is 419 g/mol. The van der Waals surface area contributed by atoms with Gasteiger partial charge in [0.2, 0.25) is 0 Å². The summed E-state index contributed by atoms with van der Waals surface area (Å²) in [5.74, 6) is -0.767. The molecule has 7 heteroatoms. The highest BCUT2D eigenvalue weighted by atomic mass is 35.5. The number of nitrogens with one attached hydrogen (secondary N) is 1. The third-order valence-corrected chi connectivity index (χ3v) is 4.88. The van der Waals surface area contributed by atoms with E-state index in [0.717, 1.165) is 34.5 Å². The number of hydrogen-bond acceptors (Lipinski definition) is 2. The summed E-state index contributed by atoms with van der Waals surface area (Å²) >= 11 is 6.37. The Morgan fingerprint density at radius 1 is 1.10 bits per heavy atom. The van der Waals surface area contributed by atoms with E-state index in [4.69, 9.17) is 11.6 Å². The summed E-state index contributed by atoms with van der Waals surface area (Å²) in [6.45, 7) is 2.07. The molecule has 0 saturated heterocycles. The van der Waals surface area contributed by atoms with Crippen LogP contribution in [0.15, 0.2) is 60.8 Å². The average Bonchev–Trinajstić information content (AvgIpc) is 2.69. The van der Waals surface area contributed by atoms with Crippen molar-refractivity contribution in [2.24, 2.45) is 0 Å². The highest BCUT2D eigenvalue weighted by Gasteiger charge is 2.34. The van der Waals surface area contributed by atoms with E-state index in [-0.39, 0.29) is 6.54 Å². The molecule has 3 rings (SSSR count). The first-order valence-electron chi connectivity index (χ1n) is 8.92. The van der Waals surface area contributed by atoms with Gasteiger partial charge >= 0.3 is 6.18 Å². The minimum Gasteiger partial charge on any atom is -0.352 e. The molecule has 0 atom stereocenters. The van der Waals surface area contributed by atoms with Gasteiger partial charge < -0.3 is 5.32 Å². The van der Waals surface area contributed by atoms with E-state index in [1.807, 2.05) is 37.3 Å². The Bertz CT molecular complexity index is 1030. The van der Waals surface area contributed by atoms with Crippen molar-refractivity contribution in [1.82, 2.24) is 10.3 Å². The summed E-state index contributed by atoms with van der Waals surface area (Å²) in [6, 6.07) is 14.1. The molecule has 29 heavy (non-hydrogen) atoms. The van der Waals surface area contributed by atoms with Gasteiger partial charge in [0.05, 0.1) is 11.1 Å². The number of benzene rings is 2. The fourth-order valence-corrected chi connectivity index (χ4v) is 3.32. The highest BCUT2D eigenvalue weighted by Crippen LogP contribution is 2.32. The summed E-state index contributed by atoms with van der Waals surface area (Å²) in [5.41, 5.74) is 2.22. The number of pyridine rings is 1. The fraction of sp³-hybridized carbons (Fsp3) is 0.182.